The first-order valence-electron chi connectivity index (χ1n) is 8.01. The van der Waals surface area contributed by atoms with Crippen molar-refractivity contribution in [1.82, 2.24) is 4.90 Å². The van der Waals surface area contributed by atoms with Crippen molar-refractivity contribution < 1.29 is 9.18 Å². The summed E-state index contributed by atoms with van der Waals surface area (Å²) in [7, 11) is 0. The summed E-state index contributed by atoms with van der Waals surface area (Å²) in [6, 6.07) is 5.48. The van der Waals surface area contributed by atoms with Gasteiger partial charge in [0.05, 0.1) is 35.7 Å². The molecule has 1 fully saturated rings. The summed E-state index contributed by atoms with van der Waals surface area (Å²) in [5, 5.41) is 13.3. The van der Waals surface area contributed by atoms with Gasteiger partial charge in [-0.1, -0.05) is 17.2 Å². The minimum absolute atomic E-state index is 0.310. The van der Waals surface area contributed by atoms with Crippen LogP contribution in [0.25, 0.3) is 10.4 Å². The number of nitrogens with zero attached hydrogens (tertiary/aromatic N) is 5. The summed E-state index contributed by atoms with van der Waals surface area (Å²) < 4.78 is 13.7. The zero-order valence-electron chi connectivity index (χ0n) is 14.4. The van der Waals surface area contributed by atoms with Crippen molar-refractivity contribution in [1.29, 1.82) is 5.26 Å². The first kappa shape index (κ1) is 18.7. The Bertz CT molecular complexity index is 750. The fourth-order valence-corrected chi connectivity index (χ4v) is 3.34. The van der Waals surface area contributed by atoms with E-state index in [0.29, 0.717) is 12.0 Å². The minimum Gasteiger partial charge on any atom is -0.329 e. The standard InChI is InChI=1S/C17H21FN6O/c1-10(20)16(25)24-14(17(2,3)9-19)8-13(22-23-21)15(24)11-5-4-6-12(18)7-11/h4-7,10,13-15H,8,20H2,1-3H3/t10-,13+,14-,15-/m1/s1. The molecule has 0 spiro atoms. The maximum Gasteiger partial charge on any atom is 0.240 e. The molecule has 1 heterocycles. The summed E-state index contributed by atoms with van der Waals surface area (Å²) >= 11 is 0. The second-order valence-corrected chi connectivity index (χ2v) is 6.89. The Morgan fingerprint density at radius 3 is 2.80 bits per heavy atom. The summed E-state index contributed by atoms with van der Waals surface area (Å²) in [4.78, 5) is 17.2. The van der Waals surface area contributed by atoms with Gasteiger partial charge in [0.15, 0.2) is 0 Å². The second kappa shape index (κ2) is 7.09. The van der Waals surface area contributed by atoms with Crippen LogP contribution in [-0.2, 0) is 4.79 Å². The van der Waals surface area contributed by atoms with E-state index in [1.54, 1.807) is 26.8 Å². The molecule has 25 heavy (non-hydrogen) atoms. The van der Waals surface area contributed by atoms with Crippen LogP contribution in [0.2, 0.25) is 0 Å². The zero-order chi connectivity index (χ0) is 18.8. The van der Waals surface area contributed by atoms with Crippen molar-refractivity contribution in [3.63, 3.8) is 0 Å². The number of carbonyl (C=O) groups excluding carboxylic acids is 1. The molecule has 0 saturated carbocycles. The third-order valence-corrected chi connectivity index (χ3v) is 4.62. The molecule has 1 aliphatic rings. The van der Waals surface area contributed by atoms with E-state index in [2.05, 4.69) is 16.1 Å². The molecule has 0 aliphatic carbocycles. The third kappa shape index (κ3) is 3.58. The molecular weight excluding hydrogens is 323 g/mol. The van der Waals surface area contributed by atoms with E-state index in [0.717, 1.165) is 0 Å². The number of hydrogen-bond donors (Lipinski definition) is 1. The molecule has 8 heteroatoms. The molecule has 0 aromatic heterocycles. The van der Waals surface area contributed by atoms with Crippen molar-refractivity contribution in [2.45, 2.75) is 51.4 Å². The van der Waals surface area contributed by atoms with Crippen LogP contribution in [0.5, 0.6) is 0 Å². The van der Waals surface area contributed by atoms with Gasteiger partial charge in [0.25, 0.3) is 0 Å². The minimum atomic E-state index is -0.879. The molecule has 7 nitrogen and oxygen atoms in total. The van der Waals surface area contributed by atoms with Crippen molar-refractivity contribution in [2.75, 3.05) is 0 Å². The van der Waals surface area contributed by atoms with Crippen molar-refractivity contribution in [3.8, 4) is 6.07 Å². The molecule has 2 N–H and O–H groups in total. The van der Waals surface area contributed by atoms with Gasteiger partial charge in [-0.05, 0) is 50.4 Å². The van der Waals surface area contributed by atoms with Crippen LogP contribution in [0, 0.1) is 22.6 Å². The van der Waals surface area contributed by atoms with Crippen LogP contribution < -0.4 is 5.73 Å². The molecule has 2 rings (SSSR count). The van der Waals surface area contributed by atoms with E-state index in [1.165, 1.54) is 23.1 Å². The lowest BCUT2D eigenvalue weighted by Crippen LogP contribution is -2.50. The number of benzene rings is 1. The normalized spacial score (nSPS) is 24.3. The van der Waals surface area contributed by atoms with E-state index < -0.39 is 35.4 Å². The number of carbonyl (C=O) groups is 1. The quantitative estimate of drug-likeness (QED) is 0.513. The molecule has 4 atom stereocenters. The zero-order valence-corrected chi connectivity index (χ0v) is 14.4. The smallest absolute Gasteiger partial charge is 0.240 e. The van der Waals surface area contributed by atoms with E-state index in [1.807, 2.05) is 0 Å². The van der Waals surface area contributed by atoms with Gasteiger partial charge >= 0.3 is 0 Å². The monoisotopic (exact) mass is 344 g/mol. The molecule has 1 aromatic rings. The van der Waals surface area contributed by atoms with Gasteiger partial charge in [0, 0.05) is 4.91 Å². The number of amides is 1. The van der Waals surface area contributed by atoms with E-state index >= 15 is 0 Å². The predicted octanol–water partition coefficient (Wildman–Crippen LogP) is 3.04. The highest BCUT2D eigenvalue weighted by atomic mass is 19.1. The lowest BCUT2D eigenvalue weighted by atomic mass is 9.84. The molecule has 0 radical (unpaired) electrons. The second-order valence-electron chi connectivity index (χ2n) is 6.89. The highest BCUT2D eigenvalue weighted by molar-refractivity contribution is 5.82. The fraction of sp³-hybridized carbons (Fsp3) is 0.529. The number of rotatable bonds is 4. The lowest BCUT2D eigenvalue weighted by molar-refractivity contribution is -0.137. The highest BCUT2D eigenvalue weighted by Gasteiger charge is 2.50. The molecule has 1 aromatic carbocycles. The summed E-state index contributed by atoms with van der Waals surface area (Å²) in [6.45, 7) is 5.00. The van der Waals surface area contributed by atoms with Gasteiger partial charge in [-0.25, -0.2) is 4.39 Å². The first-order valence-corrected chi connectivity index (χ1v) is 8.01. The first-order chi connectivity index (χ1) is 11.7. The summed E-state index contributed by atoms with van der Waals surface area (Å²) in [5.41, 5.74) is 14.4. The molecule has 1 amide bonds. The molecule has 1 saturated heterocycles. The van der Waals surface area contributed by atoms with Crippen LogP contribution in [0.3, 0.4) is 0 Å². The number of likely N-dealkylation sites (tertiary alicyclic amines) is 1. The number of hydrogen-bond acceptors (Lipinski definition) is 4. The Morgan fingerprint density at radius 2 is 2.28 bits per heavy atom. The van der Waals surface area contributed by atoms with Gasteiger partial charge in [0.2, 0.25) is 5.91 Å². The average molecular weight is 344 g/mol. The van der Waals surface area contributed by atoms with Crippen molar-refractivity contribution in [3.05, 3.63) is 46.1 Å². The number of azide groups is 1. The van der Waals surface area contributed by atoms with Crippen LogP contribution >= 0.6 is 0 Å². The van der Waals surface area contributed by atoms with Gasteiger partial charge in [-0.2, -0.15) is 5.26 Å². The SMILES string of the molecule is C[C@@H](N)C(=O)N1[C@H](c2cccc(F)c2)[C@@H](N=[N+]=[N-])C[C@@H]1C(C)(C)C#N. The van der Waals surface area contributed by atoms with Crippen LogP contribution in [0.4, 0.5) is 4.39 Å². The molecule has 0 bridgehead atoms. The van der Waals surface area contributed by atoms with E-state index in [4.69, 9.17) is 11.3 Å². The summed E-state index contributed by atoms with van der Waals surface area (Å²) in [5.74, 6) is -0.813. The Balaban J connectivity index is 2.62. The molecule has 1 aliphatic heterocycles. The highest BCUT2D eigenvalue weighted by Crippen LogP contribution is 2.45. The summed E-state index contributed by atoms with van der Waals surface area (Å²) in [6.07, 6.45) is 0.310. The predicted molar refractivity (Wildman–Crippen MR) is 90.4 cm³/mol. The van der Waals surface area contributed by atoms with Gasteiger partial charge < -0.3 is 10.6 Å². The Morgan fingerprint density at radius 1 is 1.60 bits per heavy atom. The Hall–Kier alpha value is -2.62. The fourth-order valence-electron chi connectivity index (χ4n) is 3.34. The van der Waals surface area contributed by atoms with Gasteiger partial charge in [-0.3, -0.25) is 4.79 Å². The lowest BCUT2D eigenvalue weighted by Gasteiger charge is -2.37. The number of nitrogens with two attached hydrogens (primary N) is 1. The maximum atomic E-state index is 13.7. The maximum absolute atomic E-state index is 13.7. The Kier molecular flexibility index (Phi) is 5.31. The topological polar surface area (TPSA) is 119 Å². The van der Waals surface area contributed by atoms with Crippen molar-refractivity contribution >= 4 is 5.91 Å². The molecule has 132 valence electrons. The van der Waals surface area contributed by atoms with E-state index in [-0.39, 0.29) is 5.91 Å². The van der Waals surface area contributed by atoms with Gasteiger partial charge in [-0.15, -0.1) is 0 Å². The molecular formula is C17H21FN6O. The molecule has 0 unspecified atom stereocenters. The van der Waals surface area contributed by atoms with Crippen molar-refractivity contribution in [2.24, 2.45) is 16.3 Å². The Labute approximate surface area is 145 Å². The van der Waals surface area contributed by atoms with E-state index in [9.17, 15) is 14.4 Å². The average Bonchev–Trinajstić information content (AvgIpc) is 2.94. The number of nitriles is 1. The van der Waals surface area contributed by atoms with Crippen LogP contribution in [0.1, 0.15) is 38.8 Å². The largest absolute Gasteiger partial charge is 0.329 e. The van der Waals surface area contributed by atoms with Crippen LogP contribution in [-0.4, -0.2) is 28.9 Å². The van der Waals surface area contributed by atoms with Gasteiger partial charge in [0.1, 0.15) is 5.82 Å². The number of halogens is 1. The third-order valence-electron chi connectivity index (χ3n) is 4.62. The van der Waals surface area contributed by atoms with Crippen LogP contribution in [0.15, 0.2) is 29.4 Å².